The van der Waals surface area contributed by atoms with Crippen LogP contribution in [0.25, 0.3) is 0 Å². The van der Waals surface area contributed by atoms with Gasteiger partial charge in [-0.25, -0.2) is 8.42 Å². The summed E-state index contributed by atoms with van der Waals surface area (Å²) in [5.41, 5.74) is 3.12. The molecule has 0 atom stereocenters. The summed E-state index contributed by atoms with van der Waals surface area (Å²) in [5.74, 6) is 0.319. The number of hydrogen-bond acceptors (Lipinski definition) is 8. The van der Waals surface area contributed by atoms with Gasteiger partial charge in [0.25, 0.3) is 15.7 Å². The second kappa shape index (κ2) is 9.01. The number of anilines is 2. The number of methoxy groups -OCH3 is 1. The van der Waals surface area contributed by atoms with E-state index >= 15 is 0 Å². The third-order valence-corrected chi connectivity index (χ3v) is 5.30. The highest BCUT2D eigenvalue weighted by Crippen LogP contribution is 2.30. The normalized spacial score (nSPS) is 11.2. The van der Waals surface area contributed by atoms with Crippen molar-refractivity contribution in [2.75, 3.05) is 17.3 Å². The summed E-state index contributed by atoms with van der Waals surface area (Å²) < 4.78 is 32.9. The Morgan fingerprint density at radius 2 is 1.83 bits per heavy atom. The summed E-state index contributed by atoms with van der Waals surface area (Å²) in [4.78, 5) is 14.4. The molecule has 0 bridgehead atoms. The molecule has 0 spiro atoms. The van der Waals surface area contributed by atoms with E-state index in [9.17, 15) is 18.5 Å². The number of aromatic nitrogens is 1. The molecule has 3 aromatic rings. The average Bonchev–Trinajstić information content (AvgIpc) is 2.74. The molecule has 0 saturated heterocycles. The first-order valence-corrected chi connectivity index (χ1v) is 10.0. The maximum Gasteiger partial charge on any atom is 0.295 e. The third-order valence-electron chi connectivity index (χ3n) is 3.93. The number of nitro groups is 1. The molecular formula is C19H17N5O5S. The van der Waals surface area contributed by atoms with Crippen LogP contribution in [0, 0.1) is 10.1 Å². The molecule has 0 amide bonds. The summed E-state index contributed by atoms with van der Waals surface area (Å²) in [7, 11) is -2.68. The zero-order valence-electron chi connectivity index (χ0n) is 15.7. The molecular weight excluding hydrogens is 410 g/mol. The Labute approximate surface area is 172 Å². The van der Waals surface area contributed by atoms with Gasteiger partial charge in [-0.3, -0.25) is 25.2 Å². The summed E-state index contributed by atoms with van der Waals surface area (Å²) >= 11 is 0. The fraction of sp³-hybridized carbons (Fsp3) is 0.0526. The van der Waals surface area contributed by atoms with E-state index in [-0.39, 0.29) is 16.3 Å². The van der Waals surface area contributed by atoms with Crippen LogP contribution < -0.4 is 14.9 Å². The van der Waals surface area contributed by atoms with Crippen molar-refractivity contribution < 1.29 is 18.1 Å². The predicted octanol–water partition coefficient (Wildman–Crippen LogP) is 3.25. The van der Waals surface area contributed by atoms with Crippen molar-refractivity contribution in [3.63, 3.8) is 0 Å². The molecule has 2 aromatic carbocycles. The van der Waals surface area contributed by atoms with E-state index in [0.29, 0.717) is 5.75 Å². The molecule has 11 heteroatoms. The number of ether oxygens (including phenoxy) is 1. The largest absolute Gasteiger partial charge is 0.495 e. The van der Waals surface area contributed by atoms with Crippen LogP contribution in [-0.4, -0.2) is 31.6 Å². The smallest absolute Gasteiger partial charge is 0.295 e. The monoisotopic (exact) mass is 427 g/mol. The van der Waals surface area contributed by atoms with Gasteiger partial charge in [0.2, 0.25) is 0 Å². The quantitative estimate of drug-likeness (QED) is 0.320. The molecule has 1 aromatic heterocycles. The van der Waals surface area contributed by atoms with Crippen molar-refractivity contribution in [2.45, 2.75) is 4.90 Å². The van der Waals surface area contributed by atoms with Crippen LogP contribution in [0.3, 0.4) is 0 Å². The van der Waals surface area contributed by atoms with Gasteiger partial charge in [0.15, 0.2) is 0 Å². The van der Waals surface area contributed by atoms with Crippen molar-refractivity contribution >= 4 is 33.3 Å². The van der Waals surface area contributed by atoms with Gasteiger partial charge in [-0.1, -0.05) is 12.1 Å². The molecule has 0 saturated carbocycles. The number of rotatable bonds is 8. The number of hydrazone groups is 1. The highest BCUT2D eigenvalue weighted by atomic mass is 32.2. The summed E-state index contributed by atoms with van der Waals surface area (Å²) in [5, 5.41) is 15.4. The Bertz CT molecular complexity index is 1180. The minimum absolute atomic E-state index is 0.0431. The van der Waals surface area contributed by atoms with Crippen LogP contribution in [0.15, 0.2) is 77.0 Å². The number of benzene rings is 2. The van der Waals surface area contributed by atoms with Crippen LogP contribution in [0.2, 0.25) is 0 Å². The average molecular weight is 427 g/mol. The predicted molar refractivity (Wildman–Crippen MR) is 112 cm³/mol. The van der Waals surface area contributed by atoms with Gasteiger partial charge < -0.3 is 4.74 Å². The Hall–Kier alpha value is -3.99. The van der Waals surface area contributed by atoms with E-state index in [4.69, 9.17) is 4.74 Å². The van der Waals surface area contributed by atoms with Crippen LogP contribution in [0.4, 0.5) is 17.1 Å². The number of nitrogens with zero attached hydrogens (tertiary/aromatic N) is 3. The molecule has 0 aliphatic carbocycles. The van der Waals surface area contributed by atoms with Gasteiger partial charge in [-0.05, 0) is 42.0 Å². The molecule has 3 rings (SSSR count). The first-order chi connectivity index (χ1) is 14.4. The second-order valence-electron chi connectivity index (χ2n) is 5.89. The third kappa shape index (κ3) is 4.89. The first kappa shape index (κ1) is 20.7. The van der Waals surface area contributed by atoms with Crippen LogP contribution in [0.5, 0.6) is 5.75 Å². The molecule has 1 heterocycles. The molecule has 0 fully saturated rings. The lowest BCUT2D eigenvalue weighted by atomic mass is 10.3. The molecule has 154 valence electrons. The molecule has 0 aliphatic heterocycles. The van der Waals surface area contributed by atoms with Crippen molar-refractivity contribution in [3.05, 3.63) is 82.7 Å². The summed E-state index contributed by atoms with van der Waals surface area (Å²) in [6.45, 7) is 0. The Kier molecular flexibility index (Phi) is 6.23. The van der Waals surface area contributed by atoms with Gasteiger partial charge >= 0.3 is 0 Å². The standard InChI is InChI=1S/C19H17N5O5S/c1-29-19-5-3-2-4-17(19)23-30(27,28)15-6-7-16(18(12-15)24(25)26)22-21-13-14-8-10-20-11-9-14/h2-13,22-23H,1H3. The zero-order valence-corrected chi connectivity index (χ0v) is 16.5. The number of para-hydroxylation sites is 2. The fourth-order valence-electron chi connectivity index (χ4n) is 2.48. The number of sulfonamides is 1. The second-order valence-corrected chi connectivity index (χ2v) is 7.57. The summed E-state index contributed by atoms with van der Waals surface area (Å²) in [6, 6.07) is 13.3. The van der Waals surface area contributed by atoms with Crippen molar-refractivity contribution in [1.82, 2.24) is 4.98 Å². The van der Waals surface area contributed by atoms with E-state index in [1.165, 1.54) is 31.5 Å². The maximum absolute atomic E-state index is 12.7. The topological polar surface area (TPSA) is 136 Å². The van der Waals surface area contributed by atoms with Gasteiger partial charge in [-0.2, -0.15) is 5.10 Å². The first-order valence-electron chi connectivity index (χ1n) is 8.54. The van der Waals surface area contributed by atoms with Crippen LogP contribution in [0.1, 0.15) is 5.56 Å². The maximum atomic E-state index is 12.7. The lowest BCUT2D eigenvalue weighted by Crippen LogP contribution is -2.14. The SMILES string of the molecule is COc1ccccc1NS(=O)(=O)c1ccc(NN=Cc2ccncc2)c([N+](=O)[O-])c1. The molecule has 10 nitrogen and oxygen atoms in total. The van der Waals surface area contributed by atoms with E-state index in [2.05, 4.69) is 20.2 Å². The Balaban J connectivity index is 1.87. The van der Waals surface area contributed by atoms with Crippen LogP contribution in [-0.2, 0) is 10.0 Å². The Morgan fingerprint density at radius 3 is 2.53 bits per heavy atom. The van der Waals surface area contributed by atoms with Gasteiger partial charge in [0.05, 0.1) is 28.8 Å². The number of pyridine rings is 1. The lowest BCUT2D eigenvalue weighted by molar-refractivity contribution is -0.384. The molecule has 30 heavy (non-hydrogen) atoms. The number of hydrogen-bond donors (Lipinski definition) is 2. The fourth-order valence-corrected chi connectivity index (χ4v) is 3.57. The highest BCUT2D eigenvalue weighted by molar-refractivity contribution is 7.92. The van der Waals surface area contributed by atoms with Crippen molar-refractivity contribution in [2.24, 2.45) is 5.10 Å². The Morgan fingerprint density at radius 1 is 1.10 bits per heavy atom. The van der Waals surface area contributed by atoms with Crippen molar-refractivity contribution in [1.29, 1.82) is 0 Å². The molecule has 0 aliphatic rings. The highest BCUT2D eigenvalue weighted by Gasteiger charge is 2.22. The molecule has 0 unspecified atom stereocenters. The molecule has 0 radical (unpaired) electrons. The summed E-state index contributed by atoms with van der Waals surface area (Å²) in [6.07, 6.45) is 4.62. The van der Waals surface area contributed by atoms with E-state index < -0.39 is 20.6 Å². The van der Waals surface area contributed by atoms with E-state index in [0.717, 1.165) is 11.6 Å². The van der Waals surface area contributed by atoms with Gasteiger partial charge in [0.1, 0.15) is 11.4 Å². The minimum Gasteiger partial charge on any atom is -0.495 e. The number of nitro benzene ring substituents is 1. The number of nitrogens with one attached hydrogen (secondary N) is 2. The minimum atomic E-state index is -4.09. The zero-order chi connectivity index (χ0) is 21.6. The van der Waals surface area contributed by atoms with Gasteiger partial charge in [-0.15, -0.1) is 0 Å². The molecule has 2 N–H and O–H groups in total. The van der Waals surface area contributed by atoms with E-state index in [1.54, 1.807) is 42.7 Å². The van der Waals surface area contributed by atoms with E-state index in [1.807, 2.05) is 0 Å². The lowest BCUT2D eigenvalue weighted by Gasteiger charge is -2.12. The van der Waals surface area contributed by atoms with Crippen molar-refractivity contribution in [3.8, 4) is 5.75 Å². The van der Waals surface area contributed by atoms with Gasteiger partial charge in [0, 0.05) is 18.5 Å². The van der Waals surface area contributed by atoms with Crippen LogP contribution >= 0.6 is 0 Å².